The Kier molecular flexibility index (Phi) is 5.76. The van der Waals surface area contributed by atoms with Crippen molar-refractivity contribution in [2.75, 3.05) is 32.7 Å². The number of rotatable bonds is 3. The highest BCUT2D eigenvalue weighted by molar-refractivity contribution is 5.74. The van der Waals surface area contributed by atoms with E-state index in [1.54, 1.807) is 0 Å². The molecule has 2 aliphatic rings. The molecule has 4 nitrogen and oxygen atoms in total. The van der Waals surface area contributed by atoms with Gasteiger partial charge in [0, 0.05) is 38.3 Å². The van der Waals surface area contributed by atoms with Gasteiger partial charge in [0.2, 0.25) is 0 Å². The Morgan fingerprint density at radius 1 is 1.05 bits per heavy atom. The van der Waals surface area contributed by atoms with Crippen LogP contribution in [0.15, 0.2) is 0 Å². The molecule has 22 heavy (non-hydrogen) atoms. The van der Waals surface area contributed by atoms with Crippen LogP contribution >= 0.6 is 0 Å². The van der Waals surface area contributed by atoms with E-state index < -0.39 is 0 Å². The van der Waals surface area contributed by atoms with Crippen molar-refractivity contribution in [3.05, 3.63) is 0 Å². The molecule has 2 amide bonds. The lowest BCUT2D eigenvalue weighted by molar-refractivity contribution is 0.0461. The van der Waals surface area contributed by atoms with Gasteiger partial charge in [0.1, 0.15) is 0 Å². The average Bonchev–Trinajstić information content (AvgIpc) is 2.44. The second kappa shape index (κ2) is 7.20. The quantitative estimate of drug-likeness (QED) is 0.869. The summed E-state index contributed by atoms with van der Waals surface area (Å²) in [6.07, 6.45) is 3.60. The summed E-state index contributed by atoms with van der Waals surface area (Å²) < 4.78 is 0. The van der Waals surface area contributed by atoms with E-state index in [-0.39, 0.29) is 11.6 Å². The molecule has 0 aromatic carbocycles. The number of hydrogen-bond donors (Lipinski definition) is 1. The summed E-state index contributed by atoms with van der Waals surface area (Å²) in [6, 6.07) is 0.123. The number of carbonyl (C=O) groups excluding carboxylic acids is 1. The van der Waals surface area contributed by atoms with Gasteiger partial charge in [-0.05, 0) is 50.9 Å². The Hall–Kier alpha value is -0.770. The molecule has 0 saturated carbocycles. The van der Waals surface area contributed by atoms with Crippen molar-refractivity contribution >= 4 is 6.03 Å². The fourth-order valence-electron chi connectivity index (χ4n) is 3.88. The van der Waals surface area contributed by atoms with Crippen LogP contribution in [0.25, 0.3) is 0 Å². The summed E-state index contributed by atoms with van der Waals surface area (Å²) in [7, 11) is 0. The second-order valence-corrected chi connectivity index (χ2v) is 8.49. The molecule has 0 bridgehead atoms. The van der Waals surface area contributed by atoms with Gasteiger partial charge in [0.15, 0.2) is 0 Å². The van der Waals surface area contributed by atoms with Gasteiger partial charge in [-0.15, -0.1) is 0 Å². The highest BCUT2D eigenvalue weighted by Gasteiger charge is 2.33. The molecule has 4 heteroatoms. The molecule has 1 N–H and O–H groups in total. The number of nitrogens with one attached hydrogen (secondary N) is 1. The smallest absolute Gasteiger partial charge is 0.317 e. The summed E-state index contributed by atoms with van der Waals surface area (Å²) in [6.45, 7) is 16.3. The molecule has 2 saturated heterocycles. The molecule has 2 rings (SSSR count). The van der Waals surface area contributed by atoms with E-state index in [0.29, 0.717) is 0 Å². The van der Waals surface area contributed by atoms with Crippen LogP contribution in [0.2, 0.25) is 0 Å². The number of hydrogen-bond acceptors (Lipinski definition) is 2. The minimum atomic E-state index is 0.0294. The standard InChI is InChI=1S/C18H35N3O/c1-14-6-8-20(9-7-14)17(22)19-13-18(4,5)21-11-15(2)10-16(3)12-21/h14-16H,6-13H2,1-5H3,(H,19,22). The minimum Gasteiger partial charge on any atom is -0.336 e. The van der Waals surface area contributed by atoms with E-state index in [0.717, 1.165) is 63.3 Å². The van der Waals surface area contributed by atoms with Gasteiger partial charge in [0.25, 0.3) is 0 Å². The summed E-state index contributed by atoms with van der Waals surface area (Å²) in [4.78, 5) is 16.9. The van der Waals surface area contributed by atoms with Crippen LogP contribution in [-0.2, 0) is 0 Å². The van der Waals surface area contributed by atoms with Crippen molar-refractivity contribution in [3.63, 3.8) is 0 Å². The molecule has 128 valence electrons. The number of piperidine rings is 2. The second-order valence-electron chi connectivity index (χ2n) is 8.49. The van der Waals surface area contributed by atoms with Crippen LogP contribution in [0.5, 0.6) is 0 Å². The number of likely N-dealkylation sites (tertiary alicyclic amines) is 2. The molecule has 0 radical (unpaired) electrons. The SMILES string of the molecule is CC1CCN(C(=O)NCC(C)(C)N2CC(C)CC(C)C2)CC1. The van der Waals surface area contributed by atoms with Crippen molar-refractivity contribution in [2.45, 2.75) is 59.4 Å². The lowest BCUT2D eigenvalue weighted by atomic mass is 9.88. The number of urea groups is 1. The van der Waals surface area contributed by atoms with Crippen LogP contribution in [0.4, 0.5) is 4.79 Å². The van der Waals surface area contributed by atoms with E-state index in [1.165, 1.54) is 6.42 Å². The first-order chi connectivity index (χ1) is 10.3. The summed E-state index contributed by atoms with van der Waals surface area (Å²) in [5.74, 6) is 2.27. The van der Waals surface area contributed by atoms with Crippen LogP contribution in [0, 0.1) is 17.8 Å². The zero-order valence-corrected chi connectivity index (χ0v) is 15.2. The molecule has 2 fully saturated rings. The van der Waals surface area contributed by atoms with Crippen LogP contribution < -0.4 is 5.32 Å². The van der Waals surface area contributed by atoms with Crippen molar-refractivity contribution in [1.82, 2.24) is 15.1 Å². The van der Waals surface area contributed by atoms with E-state index in [1.807, 2.05) is 4.90 Å². The maximum absolute atomic E-state index is 12.4. The van der Waals surface area contributed by atoms with E-state index >= 15 is 0 Å². The maximum atomic E-state index is 12.4. The van der Waals surface area contributed by atoms with E-state index in [2.05, 4.69) is 44.8 Å². The molecule has 0 spiro atoms. The lowest BCUT2D eigenvalue weighted by Gasteiger charge is -2.45. The van der Waals surface area contributed by atoms with Gasteiger partial charge in [-0.25, -0.2) is 4.79 Å². The largest absolute Gasteiger partial charge is 0.336 e. The number of carbonyl (C=O) groups is 1. The van der Waals surface area contributed by atoms with Gasteiger partial charge >= 0.3 is 6.03 Å². The van der Waals surface area contributed by atoms with E-state index in [4.69, 9.17) is 0 Å². The summed E-state index contributed by atoms with van der Waals surface area (Å²) in [5.41, 5.74) is 0.0294. The molecule has 0 aliphatic carbocycles. The highest BCUT2D eigenvalue weighted by Crippen LogP contribution is 2.27. The molecule has 0 aromatic rings. The van der Waals surface area contributed by atoms with Gasteiger partial charge in [-0.3, -0.25) is 4.90 Å². The van der Waals surface area contributed by atoms with Crippen LogP contribution in [0.1, 0.15) is 53.9 Å². The molecule has 0 aromatic heterocycles. The summed E-state index contributed by atoms with van der Waals surface area (Å²) >= 11 is 0. The number of amides is 2. The Labute approximate surface area is 136 Å². The fraction of sp³-hybridized carbons (Fsp3) is 0.944. The van der Waals surface area contributed by atoms with Gasteiger partial charge in [0.05, 0.1) is 0 Å². The zero-order valence-electron chi connectivity index (χ0n) is 15.2. The van der Waals surface area contributed by atoms with Crippen molar-refractivity contribution in [2.24, 2.45) is 17.8 Å². The molecular weight excluding hydrogens is 274 g/mol. The third kappa shape index (κ3) is 4.61. The van der Waals surface area contributed by atoms with Crippen molar-refractivity contribution in [1.29, 1.82) is 0 Å². The topological polar surface area (TPSA) is 35.6 Å². The average molecular weight is 309 g/mol. The Bertz CT molecular complexity index is 365. The Morgan fingerprint density at radius 2 is 1.59 bits per heavy atom. The molecule has 2 unspecified atom stereocenters. The normalized spacial score (nSPS) is 28.7. The first-order valence-electron chi connectivity index (χ1n) is 9.05. The predicted octanol–water partition coefficient (Wildman–Crippen LogP) is 3.18. The van der Waals surface area contributed by atoms with Gasteiger partial charge in [-0.1, -0.05) is 20.8 Å². The van der Waals surface area contributed by atoms with Crippen molar-refractivity contribution in [3.8, 4) is 0 Å². The molecule has 2 atom stereocenters. The first kappa shape index (κ1) is 17.6. The van der Waals surface area contributed by atoms with E-state index in [9.17, 15) is 4.79 Å². The maximum Gasteiger partial charge on any atom is 0.317 e. The van der Waals surface area contributed by atoms with Crippen LogP contribution in [-0.4, -0.2) is 54.1 Å². The monoisotopic (exact) mass is 309 g/mol. The van der Waals surface area contributed by atoms with Gasteiger partial charge in [-0.2, -0.15) is 0 Å². The predicted molar refractivity (Wildman–Crippen MR) is 92.0 cm³/mol. The summed E-state index contributed by atoms with van der Waals surface area (Å²) in [5, 5.41) is 3.18. The molecule has 2 aliphatic heterocycles. The van der Waals surface area contributed by atoms with Gasteiger partial charge < -0.3 is 10.2 Å². The van der Waals surface area contributed by atoms with Crippen LogP contribution in [0.3, 0.4) is 0 Å². The first-order valence-corrected chi connectivity index (χ1v) is 9.05. The molecule has 2 heterocycles. The lowest BCUT2D eigenvalue weighted by Crippen LogP contribution is -2.57. The fourth-order valence-corrected chi connectivity index (χ4v) is 3.88. The third-order valence-electron chi connectivity index (χ3n) is 5.47. The van der Waals surface area contributed by atoms with Crippen molar-refractivity contribution < 1.29 is 4.79 Å². The highest BCUT2D eigenvalue weighted by atomic mass is 16.2. The number of nitrogens with zero attached hydrogens (tertiary/aromatic N) is 2. The minimum absolute atomic E-state index is 0.0294. The Morgan fingerprint density at radius 3 is 2.14 bits per heavy atom. The Balaban J connectivity index is 1.82. The third-order valence-corrected chi connectivity index (χ3v) is 5.47. The molecular formula is C18H35N3O. The zero-order chi connectivity index (χ0) is 16.3.